The first kappa shape index (κ1) is 15.1. The normalized spacial score (nSPS) is 11.9. The summed E-state index contributed by atoms with van der Waals surface area (Å²) < 4.78 is 27.1. The highest BCUT2D eigenvalue weighted by molar-refractivity contribution is 7.89. The van der Waals surface area contributed by atoms with Crippen molar-refractivity contribution in [2.75, 3.05) is 6.54 Å². The van der Waals surface area contributed by atoms with E-state index in [0.29, 0.717) is 17.8 Å². The Morgan fingerprint density at radius 1 is 1.40 bits per heavy atom. The zero-order chi connectivity index (χ0) is 14.6. The van der Waals surface area contributed by atoms with Crippen LogP contribution in [0.1, 0.15) is 23.9 Å². The lowest BCUT2D eigenvalue weighted by Gasteiger charge is -2.06. The standard InChI is InChI=1S/C11H17N5O2S2/c1-3-12-5-10-8(2)15-16-11(10)20(17,18)14-4-9-6-19-7-13-9/h6-7,12,14H,3-5H2,1-2H3,(H,15,16). The van der Waals surface area contributed by atoms with Gasteiger partial charge in [0.15, 0.2) is 5.03 Å². The number of aromatic nitrogens is 3. The van der Waals surface area contributed by atoms with Crippen LogP contribution in [0.2, 0.25) is 0 Å². The van der Waals surface area contributed by atoms with Crippen molar-refractivity contribution in [1.82, 2.24) is 25.2 Å². The summed E-state index contributed by atoms with van der Waals surface area (Å²) in [5.74, 6) is 0. The number of H-pyrrole nitrogens is 1. The van der Waals surface area contributed by atoms with E-state index in [1.165, 1.54) is 11.3 Å². The molecule has 0 amide bonds. The van der Waals surface area contributed by atoms with Gasteiger partial charge in [-0.2, -0.15) is 5.10 Å². The van der Waals surface area contributed by atoms with Crippen molar-refractivity contribution in [3.63, 3.8) is 0 Å². The lowest BCUT2D eigenvalue weighted by Crippen LogP contribution is -2.26. The summed E-state index contributed by atoms with van der Waals surface area (Å²) in [6.45, 7) is 5.16. The van der Waals surface area contributed by atoms with E-state index in [1.54, 1.807) is 17.8 Å². The Morgan fingerprint density at radius 2 is 2.20 bits per heavy atom. The van der Waals surface area contributed by atoms with Gasteiger partial charge in [0, 0.05) is 23.2 Å². The van der Waals surface area contributed by atoms with E-state index in [0.717, 1.165) is 12.2 Å². The maximum Gasteiger partial charge on any atom is 0.260 e. The number of aromatic amines is 1. The molecule has 0 saturated carbocycles. The van der Waals surface area contributed by atoms with E-state index >= 15 is 0 Å². The minimum atomic E-state index is -3.64. The summed E-state index contributed by atoms with van der Waals surface area (Å²) in [5, 5.41) is 11.6. The van der Waals surface area contributed by atoms with Crippen LogP contribution < -0.4 is 10.0 Å². The highest BCUT2D eigenvalue weighted by Gasteiger charge is 2.23. The van der Waals surface area contributed by atoms with E-state index in [-0.39, 0.29) is 11.6 Å². The number of rotatable bonds is 7. The number of hydrogen-bond acceptors (Lipinski definition) is 6. The van der Waals surface area contributed by atoms with Crippen LogP contribution in [0.3, 0.4) is 0 Å². The Kier molecular flexibility index (Phi) is 4.86. The lowest BCUT2D eigenvalue weighted by molar-refractivity contribution is 0.573. The fraction of sp³-hybridized carbons (Fsp3) is 0.455. The number of sulfonamides is 1. The molecule has 0 spiro atoms. The third-order valence-corrected chi connectivity index (χ3v) is 4.78. The maximum absolute atomic E-state index is 12.3. The maximum atomic E-state index is 12.3. The Bertz CT molecular complexity index is 648. The molecule has 0 saturated heterocycles. The smallest absolute Gasteiger partial charge is 0.260 e. The molecule has 2 aromatic heterocycles. The molecule has 0 aromatic carbocycles. The minimum Gasteiger partial charge on any atom is -0.313 e. The average Bonchev–Trinajstić information content (AvgIpc) is 3.04. The Morgan fingerprint density at radius 3 is 2.85 bits per heavy atom. The number of nitrogens with one attached hydrogen (secondary N) is 3. The number of nitrogens with zero attached hydrogens (tertiary/aromatic N) is 2. The second kappa shape index (κ2) is 6.44. The fourth-order valence-corrected chi connectivity index (χ4v) is 3.42. The summed E-state index contributed by atoms with van der Waals surface area (Å²) >= 11 is 1.43. The van der Waals surface area contributed by atoms with Crippen LogP contribution in [-0.4, -0.2) is 30.1 Å². The quantitative estimate of drug-likeness (QED) is 0.700. The molecule has 0 aliphatic heterocycles. The molecule has 2 heterocycles. The van der Waals surface area contributed by atoms with Gasteiger partial charge in [0.2, 0.25) is 0 Å². The molecule has 0 radical (unpaired) electrons. The van der Waals surface area contributed by atoms with Gasteiger partial charge in [-0.15, -0.1) is 11.3 Å². The molecule has 2 rings (SSSR count). The molecule has 2 aromatic rings. The molecule has 0 bridgehead atoms. The number of hydrogen-bond donors (Lipinski definition) is 3. The third kappa shape index (κ3) is 3.42. The highest BCUT2D eigenvalue weighted by atomic mass is 32.2. The van der Waals surface area contributed by atoms with Gasteiger partial charge in [-0.25, -0.2) is 18.1 Å². The molecule has 0 unspecified atom stereocenters. The SMILES string of the molecule is CCNCc1c(S(=O)(=O)NCc2cscn2)n[nH]c1C. The topological polar surface area (TPSA) is 99.8 Å². The molecule has 9 heteroatoms. The van der Waals surface area contributed by atoms with Crippen LogP contribution in [0.25, 0.3) is 0 Å². The first-order valence-corrected chi connectivity index (χ1v) is 8.58. The van der Waals surface area contributed by atoms with Crippen molar-refractivity contribution in [3.05, 3.63) is 27.8 Å². The molecular formula is C11H17N5O2S2. The summed E-state index contributed by atoms with van der Waals surface area (Å²) in [6, 6.07) is 0. The van der Waals surface area contributed by atoms with Crippen molar-refractivity contribution >= 4 is 21.4 Å². The Labute approximate surface area is 121 Å². The average molecular weight is 315 g/mol. The summed E-state index contributed by atoms with van der Waals surface area (Å²) in [7, 11) is -3.64. The van der Waals surface area contributed by atoms with E-state index < -0.39 is 10.0 Å². The minimum absolute atomic E-state index is 0.0474. The number of thiazole rings is 1. The first-order valence-electron chi connectivity index (χ1n) is 6.16. The van der Waals surface area contributed by atoms with Crippen molar-refractivity contribution in [2.45, 2.75) is 32.0 Å². The largest absolute Gasteiger partial charge is 0.313 e. The predicted octanol–water partition coefficient (Wildman–Crippen LogP) is 0.763. The van der Waals surface area contributed by atoms with Crippen molar-refractivity contribution < 1.29 is 8.42 Å². The zero-order valence-electron chi connectivity index (χ0n) is 11.3. The highest BCUT2D eigenvalue weighted by Crippen LogP contribution is 2.16. The van der Waals surface area contributed by atoms with Crippen molar-refractivity contribution in [2.24, 2.45) is 0 Å². The molecule has 20 heavy (non-hydrogen) atoms. The van der Waals surface area contributed by atoms with Gasteiger partial charge in [0.25, 0.3) is 10.0 Å². The van der Waals surface area contributed by atoms with Crippen molar-refractivity contribution in [3.8, 4) is 0 Å². The summed E-state index contributed by atoms with van der Waals surface area (Å²) in [5.41, 5.74) is 3.77. The van der Waals surface area contributed by atoms with Crippen molar-refractivity contribution in [1.29, 1.82) is 0 Å². The van der Waals surface area contributed by atoms with E-state index in [9.17, 15) is 8.42 Å². The van der Waals surface area contributed by atoms with Crippen LogP contribution in [0, 0.1) is 6.92 Å². The van der Waals surface area contributed by atoms with Gasteiger partial charge in [0.1, 0.15) is 0 Å². The third-order valence-electron chi connectivity index (χ3n) is 2.77. The molecule has 3 N–H and O–H groups in total. The van der Waals surface area contributed by atoms with Crippen LogP contribution in [0.5, 0.6) is 0 Å². The fourth-order valence-electron chi connectivity index (χ4n) is 1.67. The summed E-state index contributed by atoms with van der Waals surface area (Å²) in [4.78, 5) is 4.04. The second-order valence-electron chi connectivity index (χ2n) is 4.22. The number of aryl methyl sites for hydroxylation is 1. The van der Waals surface area contributed by atoms with Gasteiger partial charge >= 0.3 is 0 Å². The monoisotopic (exact) mass is 315 g/mol. The zero-order valence-corrected chi connectivity index (χ0v) is 12.9. The Balaban J connectivity index is 2.16. The van der Waals surface area contributed by atoms with Gasteiger partial charge in [-0.05, 0) is 13.5 Å². The molecule has 110 valence electrons. The Hall–Kier alpha value is -1.29. The molecule has 7 nitrogen and oxygen atoms in total. The summed E-state index contributed by atoms with van der Waals surface area (Å²) in [6.07, 6.45) is 0. The molecule has 0 aliphatic carbocycles. The van der Waals surface area contributed by atoms with E-state index in [2.05, 4.69) is 25.2 Å². The van der Waals surface area contributed by atoms with E-state index in [4.69, 9.17) is 0 Å². The van der Waals surface area contributed by atoms with Gasteiger partial charge in [-0.1, -0.05) is 6.92 Å². The molecular weight excluding hydrogens is 298 g/mol. The van der Waals surface area contributed by atoms with Gasteiger partial charge in [0.05, 0.1) is 17.7 Å². The predicted molar refractivity (Wildman–Crippen MR) is 76.8 cm³/mol. The molecule has 0 atom stereocenters. The van der Waals surface area contributed by atoms with Gasteiger partial charge < -0.3 is 5.32 Å². The first-order chi connectivity index (χ1) is 9.54. The second-order valence-corrected chi connectivity index (χ2v) is 6.62. The molecule has 0 aliphatic rings. The van der Waals surface area contributed by atoms with Gasteiger partial charge in [-0.3, -0.25) is 5.10 Å². The van der Waals surface area contributed by atoms with Crippen LogP contribution in [0.4, 0.5) is 0 Å². The molecule has 0 fully saturated rings. The van der Waals surface area contributed by atoms with Crippen LogP contribution in [-0.2, 0) is 23.1 Å². The lowest BCUT2D eigenvalue weighted by atomic mass is 10.2. The van der Waals surface area contributed by atoms with Crippen LogP contribution in [0.15, 0.2) is 15.9 Å². The van der Waals surface area contributed by atoms with Crippen LogP contribution >= 0.6 is 11.3 Å². The van der Waals surface area contributed by atoms with E-state index in [1.807, 2.05) is 6.92 Å².